The maximum absolute atomic E-state index is 12.9. The third-order valence-corrected chi connectivity index (χ3v) is 4.64. The van der Waals surface area contributed by atoms with E-state index in [0.717, 1.165) is 18.4 Å². The van der Waals surface area contributed by atoms with Crippen molar-refractivity contribution < 1.29 is 22.3 Å². The van der Waals surface area contributed by atoms with E-state index in [-0.39, 0.29) is 5.75 Å². The molecule has 0 aliphatic carbocycles. The van der Waals surface area contributed by atoms with Crippen molar-refractivity contribution in [3.63, 3.8) is 0 Å². The zero-order valence-corrected chi connectivity index (χ0v) is 16.7. The van der Waals surface area contributed by atoms with Crippen LogP contribution in [-0.2, 0) is 6.42 Å². The molecule has 1 heterocycles. The maximum Gasteiger partial charge on any atom is 0.461 e. The van der Waals surface area contributed by atoms with Crippen LogP contribution in [0.3, 0.4) is 0 Å². The zero-order chi connectivity index (χ0) is 21.1. The van der Waals surface area contributed by atoms with Gasteiger partial charge in [0.25, 0.3) is 0 Å². The molecule has 0 saturated heterocycles. The Morgan fingerprint density at radius 1 is 0.862 bits per heavy atom. The molecule has 0 amide bonds. The van der Waals surface area contributed by atoms with E-state index in [1.165, 1.54) is 69.2 Å². The summed E-state index contributed by atoms with van der Waals surface area (Å²) in [6.07, 6.45) is 6.10. The Bertz CT molecular complexity index is 706. The van der Waals surface area contributed by atoms with Gasteiger partial charge in [0, 0.05) is 18.0 Å². The second-order valence-corrected chi connectivity index (χ2v) is 7.13. The van der Waals surface area contributed by atoms with Crippen molar-refractivity contribution in [3.05, 3.63) is 42.2 Å². The number of halogens is 4. The van der Waals surface area contributed by atoms with Crippen LogP contribution < -0.4 is 4.74 Å². The SMILES string of the molecule is CCCCCCCCCCc1cnc(-c2ccc(OC(F)(F)C(F)F)cc2)nc1. The molecule has 0 N–H and O–H groups in total. The third kappa shape index (κ3) is 7.99. The molecule has 0 saturated carbocycles. The fraction of sp³-hybridized carbons (Fsp3) is 0.545. The van der Waals surface area contributed by atoms with Gasteiger partial charge in [-0.3, -0.25) is 0 Å². The molecule has 0 aliphatic heterocycles. The van der Waals surface area contributed by atoms with E-state index in [2.05, 4.69) is 21.6 Å². The van der Waals surface area contributed by atoms with Gasteiger partial charge in [-0.05, 0) is 42.7 Å². The summed E-state index contributed by atoms with van der Waals surface area (Å²) in [5.41, 5.74) is 1.65. The molecule has 7 heteroatoms. The predicted molar refractivity (Wildman–Crippen MR) is 105 cm³/mol. The molecule has 29 heavy (non-hydrogen) atoms. The van der Waals surface area contributed by atoms with E-state index in [1.54, 1.807) is 12.4 Å². The van der Waals surface area contributed by atoms with Crippen LogP contribution in [0, 0.1) is 0 Å². The fourth-order valence-electron chi connectivity index (χ4n) is 2.97. The first-order chi connectivity index (χ1) is 13.9. The Labute approximate surface area is 169 Å². The molecular weight excluding hydrogens is 384 g/mol. The average Bonchev–Trinajstić information content (AvgIpc) is 2.71. The van der Waals surface area contributed by atoms with Gasteiger partial charge in [-0.2, -0.15) is 17.6 Å². The Balaban J connectivity index is 1.78. The normalized spacial score (nSPS) is 11.8. The molecule has 1 aromatic carbocycles. The van der Waals surface area contributed by atoms with Crippen LogP contribution >= 0.6 is 0 Å². The summed E-state index contributed by atoms with van der Waals surface area (Å²) in [7, 11) is 0. The monoisotopic (exact) mass is 412 g/mol. The van der Waals surface area contributed by atoms with Gasteiger partial charge in [-0.1, -0.05) is 51.9 Å². The highest BCUT2D eigenvalue weighted by Gasteiger charge is 2.43. The molecule has 0 unspecified atom stereocenters. The molecule has 3 nitrogen and oxygen atoms in total. The predicted octanol–water partition coefficient (Wildman–Crippen LogP) is 7.06. The van der Waals surface area contributed by atoms with E-state index >= 15 is 0 Å². The molecule has 160 valence electrons. The number of benzene rings is 1. The summed E-state index contributed by atoms with van der Waals surface area (Å²) in [4.78, 5) is 8.62. The van der Waals surface area contributed by atoms with Crippen molar-refractivity contribution in [2.75, 3.05) is 0 Å². The van der Waals surface area contributed by atoms with E-state index in [0.29, 0.717) is 11.4 Å². The van der Waals surface area contributed by atoms with Crippen LogP contribution in [0.25, 0.3) is 11.4 Å². The summed E-state index contributed by atoms with van der Waals surface area (Å²) in [6.45, 7) is 2.22. The third-order valence-electron chi connectivity index (χ3n) is 4.64. The number of hydrogen-bond acceptors (Lipinski definition) is 3. The number of rotatable bonds is 13. The first kappa shape index (κ1) is 23.1. The lowest BCUT2D eigenvalue weighted by Crippen LogP contribution is -2.33. The van der Waals surface area contributed by atoms with Gasteiger partial charge in [0.1, 0.15) is 5.75 Å². The van der Waals surface area contributed by atoms with Gasteiger partial charge < -0.3 is 4.74 Å². The Morgan fingerprint density at radius 3 is 1.97 bits per heavy atom. The van der Waals surface area contributed by atoms with Gasteiger partial charge >= 0.3 is 12.5 Å². The van der Waals surface area contributed by atoms with E-state index < -0.39 is 12.5 Å². The lowest BCUT2D eigenvalue weighted by Gasteiger charge is -2.16. The summed E-state index contributed by atoms with van der Waals surface area (Å²) in [6, 6.07) is 5.32. The molecule has 0 fully saturated rings. The topological polar surface area (TPSA) is 35.0 Å². The van der Waals surface area contributed by atoms with Gasteiger partial charge in [0.15, 0.2) is 5.82 Å². The van der Waals surface area contributed by atoms with Crippen molar-refractivity contribution in [3.8, 4) is 17.1 Å². The number of hydrogen-bond donors (Lipinski definition) is 0. The standard InChI is InChI=1S/C22H28F4N2O/c1-2-3-4-5-6-7-8-9-10-17-15-27-20(28-16-17)18-11-13-19(14-12-18)29-22(25,26)21(23)24/h11-16,21H,2-10H2,1H3. The van der Waals surface area contributed by atoms with Crippen molar-refractivity contribution in [2.45, 2.75) is 77.2 Å². The Hall–Kier alpha value is -2.18. The molecule has 0 aliphatic rings. The largest absolute Gasteiger partial charge is 0.461 e. The molecule has 0 radical (unpaired) electrons. The quantitative estimate of drug-likeness (QED) is 0.261. The van der Waals surface area contributed by atoms with Crippen LogP contribution in [0.15, 0.2) is 36.7 Å². The smallest absolute Gasteiger partial charge is 0.428 e. The van der Waals surface area contributed by atoms with Crippen LogP contribution in [-0.4, -0.2) is 22.5 Å². The highest BCUT2D eigenvalue weighted by atomic mass is 19.3. The molecule has 2 rings (SSSR count). The van der Waals surface area contributed by atoms with E-state index in [9.17, 15) is 17.6 Å². The van der Waals surface area contributed by atoms with E-state index in [1.807, 2.05) is 0 Å². The lowest BCUT2D eigenvalue weighted by molar-refractivity contribution is -0.253. The number of ether oxygens (including phenoxy) is 1. The van der Waals surface area contributed by atoms with Crippen molar-refractivity contribution in [2.24, 2.45) is 0 Å². The summed E-state index contributed by atoms with van der Waals surface area (Å²) in [5, 5.41) is 0. The van der Waals surface area contributed by atoms with Crippen molar-refractivity contribution in [1.29, 1.82) is 0 Å². The number of aromatic nitrogens is 2. The first-order valence-corrected chi connectivity index (χ1v) is 10.2. The van der Waals surface area contributed by atoms with Gasteiger partial charge in [0.05, 0.1) is 0 Å². The maximum atomic E-state index is 12.9. The lowest BCUT2D eigenvalue weighted by atomic mass is 10.1. The zero-order valence-electron chi connectivity index (χ0n) is 16.7. The second kappa shape index (κ2) is 11.7. The summed E-state index contributed by atoms with van der Waals surface area (Å²) >= 11 is 0. The summed E-state index contributed by atoms with van der Waals surface area (Å²) < 4.78 is 54.2. The second-order valence-electron chi connectivity index (χ2n) is 7.13. The van der Waals surface area contributed by atoms with Crippen LogP contribution in [0.4, 0.5) is 17.6 Å². The van der Waals surface area contributed by atoms with Crippen LogP contribution in [0.1, 0.15) is 63.9 Å². The minimum atomic E-state index is -4.52. The number of unbranched alkanes of at least 4 members (excludes halogenated alkanes) is 7. The van der Waals surface area contributed by atoms with Gasteiger partial charge in [-0.15, -0.1) is 0 Å². The first-order valence-electron chi connectivity index (χ1n) is 10.2. The highest BCUT2D eigenvalue weighted by molar-refractivity contribution is 5.55. The number of nitrogens with zero attached hydrogens (tertiary/aromatic N) is 2. The van der Waals surface area contributed by atoms with Crippen LogP contribution in [0.2, 0.25) is 0 Å². The average molecular weight is 412 g/mol. The minimum absolute atomic E-state index is 0.342. The summed E-state index contributed by atoms with van der Waals surface area (Å²) in [5.74, 6) is 0.0993. The Kier molecular flexibility index (Phi) is 9.35. The molecule has 0 spiro atoms. The Morgan fingerprint density at radius 2 is 1.41 bits per heavy atom. The molecule has 0 atom stereocenters. The highest BCUT2D eigenvalue weighted by Crippen LogP contribution is 2.28. The van der Waals surface area contributed by atoms with E-state index in [4.69, 9.17) is 0 Å². The molecule has 0 bridgehead atoms. The molecule has 1 aromatic heterocycles. The number of aryl methyl sites for hydroxylation is 1. The molecular formula is C22H28F4N2O. The van der Waals surface area contributed by atoms with Crippen molar-refractivity contribution in [1.82, 2.24) is 9.97 Å². The molecule has 2 aromatic rings. The van der Waals surface area contributed by atoms with Gasteiger partial charge in [0.2, 0.25) is 0 Å². The minimum Gasteiger partial charge on any atom is -0.428 e. The van der Waals surface area contributed by atoms with Crippen molar-refractivity contribution >= 4 is 0 Å². The van der Waals surface area contributed by atoms with Gasteiger partial charge in [-0.25, -0.2) is 9.97 Å². The fourth-order valence-corrected chi connectivity index (χ4v) is 2.97. The van der Waals surface area contributed by atoms with Crippen LogP contribution in [0.5, 0.6) is 5.75 Å². The number of alkyl halides is 4.